The van der Waals surface area contributed by atoms with Crippen LogP contribution in [0, 0.1) is 5.82 Å². The van der Waals surface area contributed by atoms with E-state index in [1.165, 1.54) is 23.5 Å². The molecule has 4 nitrogen and oxygen atoms in total. The predicted octanol–water partition coefficient (Wildman–Crippen LogP) is 5.67. The summed E-state index contributed by atoms with van der Waals surface area (Å²) in [7, 11) is 0. The first kappa shape index (κ1) is 18.8. The summed E-state index contributed by atoms with van der Waals surface area (Å²) in [6, 6.07) is 22.1. The number of hydrogen-bond donors (Lipinski definition) is 1. The van der Waals surface area contributed by atoms with E-state index in [-0.39, 0.29) is 11.4 Å². The zero-order valence-corrected chi connectivity index (χ0v) is 16.2. The lowest BCUT2D eigenvalue weighted by Gasteiger charge is -2.06. The van der Waals surface area contributed by atoms with Crippen molar-refractivity contribution >= 4 is 38.7 Å². The molecule has 3 aromatic carbocycles. The average Bonchev–Trinajstić information content (AvgIpc) is 3.16. The van der Waals surface area contributed by atoms with Crippen molar-refractivity contribution in [1.82, 2.24) is 4.98 Å². The van der Waals surface area contributed by atoms with Crippen LogP contribution in [0.1, 0.15) is 11.1 Å². The number of ether oxygens (including phenoxy) is 1. The van der Waals surface area contributed by atoms with E-state index in [9.17, 15) is 9.18 Å². The first-order chi connectivity index (χ1) is 14.2. The number of halogens is 1. The Morgan fingerprint density at radius 2 is 1.83 bits per heavy atom. The van der Waals surface area contributed by atoms with Crippen LogP contribution < -0.4 is 10.1 Å². The SMILES string of the molecule is O=C(/C=C/c1ccc(OCc2ccccc2)cc1)Nc1nc2c(F)cccc2s1. The molecule has 0 aliphatic rings. The van der Waals surface area contributed by atoms with Gasteiger partial charge in [0.2, 0.25) is 5.91 Å². The third-order valence-electron chi connectivity index (χ3n) is 4.16. The second kappa shape index (κ2) is 8.67. The fourth-order valence-electron chi connectivity index (χ4n) is 2.70. The molecule has 1 aromatic heterocycles. The number of benzene rings is 3. The molecule has 144 valence electrons. The highest BCUT2D eigenvalue weighted by Crippen LogP contribution is 2.27. The standard InChI is InChI=1S/C23H17FN2O2S/c24-19-7-4-8-20-22(19)26-23(29-20)25-21(27)14-11-16-9-12-18(13-10-16)28-15-17-5-2-1-3-6-17/h1-14H,15H2,(H,25,26,27)/b14-11+. The summed E-state index contributed by atoms with van der Waals surface area (Å²) in [6.07, 6.45) is 3.12. The number of anilines is 1. The minimum atomic E-state index is -0.399. The van der Waals surface area contributed by atoms with Gasteiger partial charge in [0, 0.05) is 6.08 Å². The van der Waals surface area contributed by atoms with Crippen molar-refractivity contribution in [1.29, 1.82) is 0 Å². The molecule has 4 aromatic rings. The number of para-hydroxylation sites is 1. The van der Waals surface area contributed by atoms with Crippen LogP contribution in [-0.2, 0) is 11.4 Å². The maximum atomic E-state index is 13.7. The molecule has 0 spiro atoms. The molecule has 0 saturated heterocycles. The number of thiazole rings is 1. The Labute approximate surface area is 171 Å². The summed E-state index contributed by atoms with van der Waals surface area (Å²) < 4.78 is 20.1. The first-order valence-electron chi connectivity index (χ1n) is 8.98. The summed E-state index contributed by atoms with van der Waals surface area (Å²) >= 11 is 1.23. The Bertz CT molecular complexity index is 1150. The van der Waals surface area contributed by atoms with Gasteiger partial charge < -0.3 is 4.74 Å². The van der Waals surface area contributed by atoms with Crippen molar-refractivity contribution in [3.05, 3.63) is 95.8 Å². The molecule has 0 aliphatic heterocycles. The molecule has 29 heavy (non-hydrogen) atoms. The van der Waals surface area contributed by atoms with Crippen molar-refractivity contribution < 1.29 is 13.9 Å². The van der Waals surface area contributed by atoms with Crippen LogP contribution in [0.25, 0.3) is 16.3 Å². The van der Waals surface area contributed by atoms with Crippen molar-refractivity contribution in [2.75, 3.05) is 5.32 Å². The van der Waals surface area contributed by atoms with E-state index in [1.54, 1.807) is 18.2 Å². The Balaban J connectivity index is 1.34. The van der Waals surface area contributed by atoms with Gasteiger partial charge in [-0.15, -0.1) is 0 Å². The van der Waals surface area contributed by atoms with Crippen LogP contribution in [0.4, 0.5) is 9.52 Å². The molecule has 6 heteroatoms. The minimum absolute atomic E-state index is 0.267. The van der Waals surface area contributed by atoms with Gasteiger partial charge in [0.1, 0.15) is 23.7 Å². The monoisotopic (exact) mass is 404 g/mol. The lowest BCUT2D eigenvalue weighted by Crippen LogP contribution is -2.07. The van der Waals surface area contributed by atoms with Crippen LogP contribution in [0.3, 0.4) is 0 Å². The molecular weight excluding hydrogens is 387 g/mol. The molecule has 0 aliphatic carbocycles. The van der Waals surface area contributed by atoms with E-state index in [0.29, 0.717) is 16.4 Å². The van der Waals surface area contributed by atoms with Crippen LogP contribution in [-0.4, -0.2) is 10.9 Å². The Morgan fingerprint density at radius 1 is 1.03 bits per heavy atom. The number of carbonyl (C=O) groups excluding carboxylic acids is 1. The largest absolute Gasteiger partial charge is 0.489 e. The number of amides is 1. The summed E-state index contributed by atoms with van der Waals surface area (Å²) in [4.78, 5) is 16.2. The molecule has 0 unspecified atom stereocenters. The van der Waals surface area contributed by atoms with Gasteiger partial charge in [0.15, 0.2) is 5.13 Å². The molecule has 0 atom stereocenters. The zero-order valence-electron chi connectivity index (χ0n) is 15.3. The van der Waals surface area contributed by atoms with Gasteiger partial charge in [-0.25, -0.2) is 9.37 Å². The highest BCUT2D eigenvalue weighted by Gasteiger charge is 2.09. The van der Waals surface area contributed by atoms with E-state index in [1.807, 2.05) is 54.6 Å². The minimum Gasteiger partial charge on any atom is -0.489 e. The second-order valence-electron chi connectivity index (χ2n) is 6.27. The molecule has 1 N–H and O–H groups in total. The fourth-order valence-corrected chi connectivity index (χ4v) is 3.59. The molecule has 1 heterocycles. The Kier molecular flexibility index (Phi) is 5.63. The maximum absolute atomic E-state index is 13.7. The van der Waals surface area contributed by atoms with Gasteiger partial charge in [0.05, 0.1) is 4.70 Å². The summed E-state index contributed by atoms with van der Waals surface area (Å²) in [6.45, 7) is 0.501. The maximum Gasteiger partial charge on any atom is 0.250 e. The van der Waals surface area contributed by atoms with Gasteiger partial charge >= 0.3 is 0 Å². The zero-order chi connectivity index (χ0) is 20.1. The number of nitrogens with zero attached hydrogens (tertiary/aromatic N) is 1. The summed E-state index contributed by atoms with van der Waals surface area (Å²) in [5, 5.41) is 3.03. The lowest BCUT2D eigenvalue weighted by molar-refractivity contribution is -0.111. The number of hydrogen-bond acceptors (Lipinski definition) is 4. The van der Waals surface area contributed by atoms with E-state index in [0.717, 1.165) is 16.9 Å². The lowest BCUT2D eigenvalue weighted by atomic mass is 10.2. The fraction of sp³-hybridized carbons (Fsp3) is 0.0435. The number of rotatable bonds is 6. The van der Waals surface area contributed by atoms with Crippen LogP contribution in [0.5, 0.6) is 5.75 Å². The first-order valence-corrected chi connectivity index (χ1v) is 9.80. The van der Waals surface area contributed by atoms with E-state index in [4.69, 9.17) is 4.74 Å². The molecule has 0 fully saturated rings. The van der Waals surface area contributed by atoms with Crippen LogP contribution in [0.2, 0.25) is 0 Å². The highest BCUT2D eigenvalue weighted by atomic mass is 32.1. The molecular formula is C23H17FN2O2S. The Hall–Kier alpha value is -3.51. The van der Waals surface area contributed by atoms with Crippen molar-refractivity contribution in [2.45, 2.75) is 6.61 Å². The van der Waals surface area contributed by atoms with Gasteiger partial charge in [-0.1, -0.05) is 59.9 Å². The van der Waals surface area contributed by atoms with Gasteiger partial charge in [0.25, 0.3) is 0 Å². The van der Waals surface area contributed by atoms with E-state index < -0.39 is 5.82 Å². The summed E-state index contributed by atoms with van der Waals surface area (Å²) in [5.74, 6) is 0.0326. The molecule has 1 amide bonds. The third-order valence-corrected chi connectivity index (χ3v) is 5.09. The van der Waals surface area contributed by atoms with Crippen molar-refractivity contribution in [3.63, 3.8) is 0 Å². The quantitative estimate of drug-likeness (QED) is 0.422. The number of fused-ring (bicyclic) bond motifs is 1. The van der Waals surface area contributed by atoms with Crippen LogP contribution >= 0.6 is 11.3 Å². The second-order valence-corrected chi connectivity index (χ2v) is 7.30. The predicted molar refractivity (Wildman–Crippen MR) is 114 cm³/mol. The molecule has 0 radical (unpaired) electrons. The normalized spacial score (nSPS) is 11.1. The Morgan fingerprint density at radius 3 is 2.59 bits per heavy atom. The number of carbonyl (C=O) groups is 1. The third kappa shape index (κ3) is 4.86. The molecule has 0 saturated carbocycles. The highest BCUT2D eigenvalue weighted by molar-refractivity contribution is 7.22. The topological polar surface area (TPSA) is 51.2 Å². The van der Waals surface area contributed by atoms with E-state index in [2.05, 4.69) is 10.3 Å². The number of nitrogens with one attached hydrogen (secondary N) is 1. The summed E-state index contributed by atoms with van der Waals surface area (Å²) in [5.41, 5.74) is 2.23. The van der Waals surface area contributed by atoms with Crippen molar-refractivity contribution in [3.8, 4) is 5.75 Å². The average molecular weight is 404 g/mol. The smallest absolute Gasteiger partial charge is 0.250 e. The van der Waals surface area contributed by atoms with Gasteiger partial charge in [-0.3, -0.25) is 10.1 Å². The van der Waals surface area contributed by atoms with Crippen molar-refractivity contribution in [2.24, 2.45) is 0 Å². The van der Waals surface area contributed by atoms with Crippen LogP contribution in [0.15, 0.2) is 78.9 Å². The van der Waals surface area contributed by atoms with Gasteiger partial charge in [-0.05, 0) is 41.5 Å². The van der Waals surface area contributed by atoms with Gasteiger partial charge in [-0.2, -0.15) is 0 Å². The molecule has 4 rings (SSSR count). The number of aromatic nitrogens is 1. The molecule has 0 bridgehead atoms. The van der Waals surface area contributed by atoms with E-state index >= 15 is 0 Å².